The lowest BCUT2D eigenvalue weighted by Gasteiger charge is -2.34. The van der Waals surface area contributed by atoms with Gasteiger partial charge in [0.1, 0.15) is 0 Å². The van der Waals surface area contributed by atoms with E-state index < -0.39 is 23.6 Å². The fourth-order valence-electron chi connectivity index (χ4n) is 2.58. The number of halogens is 3. The first-order valence-electron chi connectivity index (χ1n) is 6.44. The first kappa shape index (κ1) is 14.7. The Balaban J connectivity index is 2.51. The molecule has 0 amide bonds. The number of hydrogen-bond acceptors (Lipinski definition) is 3. The minimum Gasteiger partial charge on any atom is -0.466 e. The Kier molecular flexibility index (Phi) is 3.92. The molecule has 1 heterocycles. The molecule has 0 aromatic heterocycles. The van der Waals surface area contributed by atoms with Gasteiger partial charge in [0.05, 0.1) is 23.8 Å². The van der Waals surface area contributed by atoms with Crippen LogP contribution >= 0.6 is 0 Å². The number of carbonyl (C=O) groups is 1. The zero-order valence-electron chi connectivity index (χ0n) is 11.3. The number of fused-ring (bicyclic) bond motifs is 1. The number of ether oxygens (including phenoxy) is 1. The second-order valence-electron chi connectivity index (χ2n) is 4.76. The van der Waals surface area contributed by atoms with E-state index >= 15 is 0 Å². The zero-order valence-corrected chi connectivity index (χ0v) is 11.3. The largest absolute Gasteiger partial charge is 0.466 e. The topological polar surface area (TPSA) is 29.5 Å². The summed E-state index contributed by atoms with van der Waals surface area (Å²) in [6.45, 7) is 2.29. The summed E-state index contributed by atoms with van der Waals surface area (Å²) >= 11 is 0. The van der Waals surface area contributed by atoms with Crippen LogP contribution in [0.1, 0.15) is 30.4 Å². The molecule has 0 bridgehead atoms. The number of carbonyl (C=O) groups excluding carboxylic acids is 1. The van der Waals surface area contributed by atoms with Gasteiger partial charge in [-0.15, -0.1) is 0 Å². The molecule has 3 nitrogen and oxygen atoms in total. The van der Waals surface area contributed by atoms with Crippen LogP contribution in [0, 0.1) is 0 Å². The van der Waals surface area contributed by atoms with E-state index in [1.54, 1.807) is 24.9 Å². The maximum Gasteiger partial charge on any atom is 0.418 e. The van der Waals surface area contributed by atoms with Crippen molar-refractivity contribution in [3.05, 3.63) is 29.3 Å². The van der Waals surface area contributed by atoms with Crippen LogP contribution in [-0.2, 0) is 15.7 Å². The fraction of sp³-hybridized carbons (Fsp3) is 0.500. The number of anilines is 1. The van der Waals surface area contributed by atoms with E-state index in [0.717, 1.165) is 6.07 Å². The Morgan fingerprint density at radius 1 is 1.45 bits per heavy atom. The number of rotatable bonds is 2. The molecule has 1 aliphatic heterocycles. The van der Waals surface area contributed by atoms with Crippen molar-refractivity contribution in [3.63, 3.8) is 0 Å². The highest BCUT2D eigenvalue weighted by Crippen LogP contribution is 2.43. The van der Waals surface area contributed by atoms with Crippen LogP contribution in [0.15, 0.2) is 18.2 Å². The van der Waals surface area contributed by atoms with Gasteiger partial charge in [-0.3, -0.25) is 4.79 Å². The third kappa shape index (κ3) is 2.59. The van der Waals surface area contributed by atoms with Crippen molar-refractivity contribution in [2.24, 2.45) is 0 Å². The number of alkyl halides is 3. The van der Waals surface area contributed by atoms with Crippen LogP contribution < -0.4 is 4.90 Å². The number of para-hydroxylation sites is 1. The normalized spacial score (nSPS) is 18.6. The standard InChI is InChI=1S/C14H16F3NO2/c1-3-20-13(19)10-7-8-18(2)12-9(10)5-4-6-11(12)14(15,16)17/h4-6,10H,3,7-8H2,1-2H3. The van der Waals surface area contributed by atoms with Gasteiger partial charge in [0.15, 0.2) is 0 Å². The third-order valence-corrected chi connectivity index (χ3v) is 3.45. The molecule has 0 saturated heterocycles. The van der Waals surface area contributed by atoms with E-state index in [0.29, 0.717) is 18.5 Å². The van der Waals surface area contributed by atoms with Crippen molar-refractivity contribution < 1.29 is 22.7 Å². The monoisotopic (exact) mass is 287 g/mol. The van der Waals surface area contributed by atoms with Crippen molar-refractivity contribution in [2.75, 3.05) is 25.1 Å². The molecule has 0 spiro atoms. The number of benzene rings is 1. The van der Waals surface area contributed by atoms with E-state index in [1.807, 2.05) is 0 Å². The predicted octanol–water partition coefficient (Wildman–Crippen LogP) is 3.19. The van der Waals surface area contributed by atoms with Crippen LogP contribution in [0.25, 0.3) is 0 Å². The number of nitrogens with zero attached hydrogens (tertiary/aromatic N) is 1. The van der Waals surface area contributed by atoms with Crippen molar-refractivity contribution in [1.82, 2.24) is 0 Å². The second-order valence-corrected chi connectivity index (χ2v) is 4.76. The minimum absolute atomic E-state index is 0.0873. The van der Waals surface area contributed by atoms with Gasteiger partial charge in [-0.2, -0.15) is 13.2 Å². The molecule has 1 aromatic carbocycles. The van der Waals surface area contributed by atoms with Crippen molar-refractivity contribution in [3.8, 4) is 0 Å². The summed E-state index contributed by atoms with van der Waals surface area (Å²) in [5.74, 6) is -1.08. The molecular formula is C14H16F3NO2. The molecule has 1 unspecified atom stereocenters. The smallest absolute Gasteiger partial charge is 0.418 e. The lowest BCUT2D eigenvalue weighted by atomic mass is 9.88. The lowest BCUT2D eigenvalue weighted by Crippen LogP contribution is -2.33. The van der Waals surface area contributed by atoms with Gasteiger partial charge in [0.2, 0.25) is 0 Å². The lowest BCUT2D eigenvalue weighted by molar-refractivity contribution is -0.145. The molecule has 6 heteroatoms. The van der Waals surface area contributed by atoms with Crippen LogP contribution in [0.2, 0.25) is 0 Å². The molecule has 0 radical (unpaired) electrons. The van der Waals surface area contributed by atoms with Crippen LogP contribution in [-0.4, -0.2) is 26.2 Å². The molecule has 1 aromatic rings. The Labute approximate surface area is 115 Å². The SMILES string of the molecule is CCOC(=O)C1CCN(C)c2c1cccc2C(F)(F)F. The summed E-state index contributed by atoms with van der Waals surface area (Å²) < 4.78 is 44.2. The van der Waals surface area contributed by atoms with E-state index in [-0.39, 0.29) is 12.3 Å². The highest BCUT2D eigenvalue weighted by atomic mass is 19.4. The Morgan fingerprint density at radius 3 is 2.75 bits per heavy atom. The van der Waals surface area contributed by atoms with E-state index in [9.17, 15) is 18.0 Å². The van der Waals surface area contributed by atoms with Gasteiger partial charge in [-0.05, 0) is 25.0 Å². The molecular weight excluding hydrogens is 271 g/mol. The third-order valence-electron chi connectivity index (χ3n) is 3.45. The van der Waals surface area contributed by atoms with Gasteiger partial charge in [-0.1, -0.05) is 12.1 Å². The quantitative estimate of drug-likeness (QED) is 0.782. The summed E-state index contributed by atoms with van der Waals surface area (Å²) in [6.07, 6.45) is -3.97. The molecule has 110 valence electrons. The van der Waals surface area contributed by atoms with Crippen molar-refractivity contribution in [1.29, 1.82) is 0 Å². The van der Waals surface area contributed by atoms with Crippen molar-refractivity contribution in [2.45, 2.75) is 25.4 Å². The summed E-state index contributed by atoms with van der Waals surface area (Å²) in [5.41, 5.74) is -0.220. The van der Waals surface area contributed by atoms with E-state index in [2.05, 4.69) is 0 Å². The average molecular weight is 287 g/mol. The predicted molar refractivity (Wildman–Crippen MR) is 68.7 cm³/mol. The first-order valence-corrected chi connectivity index (χ1v) is 6.44. The van der Waals surface area contributed by atoms with E-state index in [4.69, 9.17) is 4.74 Å². The van der Waals surface area contributed by atoms with Gasteiger partial charge in [0, 0.05) is 13.6 Å². The number of esters is 1. The Morgan fingerprint density at radius 2 is 2.15 bits per heavy atom. The first-order chi connectivity index (χ1) is 9.36. The Bertz CT molecular complexity index is 514. The molecule has 20 heavy (non-hydrogen) atoms. The molecule has 0 N–H and O–H groups in total. The molecule has 0 aliphatic carbocycles. The molecule has 2 rings (SSSR count). The van der Waals surface area contributed by atoms with Gasteiger partial charge >= 0.3 is 12.1 Å². The van der Waals surface area contributed by atoms with Gasteiger partial charge in [-0.25, -0.2) is 0 Å². The van der Waals surface area contributed by atoms with Crippen LogP contribution in [0.5, 0.6) is 0 Å². The van der Waals surface area contributed by atoms with Crippen LogP contribution in [0.3, 0.4) is 0 Å². The summed E-state index contributed by atoms with van der Waals surface area (Å²) in [5, 5.41) is 0. The van der Waals surface area contributed by atoms with Gasteiger partial charge < -0.3 is 9.64 Å². The Hall–Kier alpha value is -1.72. The zero-order chi connectivity index (χ0) is 14.9. The summed E-state index contributed by atoms with van der Waals surface area (Å²) in [4.78, 5) is 13.5. The van der Waals surface area contributed by atoms with Crippen LogP contribution in [0.4, 0.5) is 18.9 Å². The van der Waals surface area contributed by atoms with Gasteiger partial charge in [0.25, 0.3) is 0 Å². The maximum atomic E-state index is 13.1. The highest BCUT2D eigenvalue weighted by Gasteiger charge is 2.39. The molecule has 0 fully saturated rings. The summed E-state index contributed by atoms with van der Waals surface area (Å²) in [6, 6.07) is 3.96. The minimum atomic E-state index is -4.43. The average Bonchev–Trinajstić information content (AvgIpc) is 2.37. The summed E-state index contributed by atoms with van der Waals surface area (Å²) in [7, 11) is 1.61. The number of hydrogen-bond donors (Lipinski definition) is 0. The van der Waals surface area contributed by atoms with E-state index in [1.165, 1.54) is 6.07 Å². The molecule has 0 saturated carbocycles. The highest BCUT2D eigenvalue weighted by molar-refractivity contribution is 5.83. The second kappa shape index (κ2) is 5.34. The van der Waals surface area contributed by atoms with Crippen molar-refractivity contribution >= 4 is 11.7 Å². The fourth-order valence-corrected chi connectivity index (χ4v) is 2.58. The maximum absolute atomic E-state index is 13.1. The molecule has 1 atom stereocenters. The molecule has 1 aliphatic rings.